The van der Waals surface area contributed by atoms with E-state index in [0.717, 1.165) is 36.6 Å². The van der Waals surface area contributed by atoms with E-state index in [9.17, 15) is 18.3 Å². The molecular formula is C25H26F3N4O-. The molecule has 0 spiro atoms. The third-order valence-electron chi connectivity index (χ3n) is 5.98. The summed E-state index contributed by atoms with van der Waals surface area (Å²) in [5, 5.41) is 19.6. The van der Waals surface area contributed by atoms with E-state index in [1.54, 1.807) is 31.3 Å². The Hall–Kier alpha value is -3.29. The number of alkyl halides is 3. The highest BCUT2D eigenvalue weighted by Gasteiger charge is 2.34. The van der Waals surface area contributed by atoms with E-state index in [0.29, 0.717) is 28.6 Å². The van der Waals surface area contributed by atoms with Gasteiger partial charge >= 0.3 is 6.18 Å². The maximum Gasteiger partial charge on any atom is 0.433 e. The van der Waals surface area contributed by atoms with Crippen molar-refractivity contribution in [2.45, 2.75) is 50.9 Å². The van der Waals surface area contributed by atoms with Gasteiger partial charge in [0.15, 0.2) is 0 Å². The van der Waals surface area contributed by atoms with Crippen molar-refractivity contribution in [2.75, 3.05) is 17.7 Å². The van der Waals surface area contributed by atoms with E-state index in [2.05, 4.69) is 20.6 Å². The number of nitrogens with one attached hydrogen (secondary N) is 2. The highest BCUT2D eigenvalue weighted by atomic mass is 19.4. The monoisotopic (exact) mass is 455 g/mol. The van der Waals surface area contributed by atoms with Crippen molar-refractivity contribution in [1.82, 2.24) is 4.98 Å². The molecule has 3 aromatic rings. The number of benzene rings is 2. The minimum atomic E-state index is -4.53. The first-order valence-corrected chi connectivity index (χ1v) is 11.0. The third-order valence-corrected chi connectivity index (χ3v) is 5.98. The molecule has 5 nitrogen and oxygen atoms in total. The Morgan fingerprint density at radius 1 is 1.09 bits per heavy atom. The van der Waals surface area contributed by atoms with Gasteiger partial charge in [0.1, 0.15) is 5.69 Å². The lowest BCUT2D eigenvalue weighted by atomic mass is 9.91. The summed E-state index contributed by atoms with van der Waals surface area (Å²) in [5.74, 6) is -0.271. The lowest BCUT2D eigenvalue weighted by Crippen LogP contribution is -2.31. The number of aromatic nitrogens is 1. The van der Waals surface area contributed by atoms with Gasteiger partial charge in [-0.05, 0) is 74.4 Å². The Kier molecular flexibility index (Phi) is 6.44. The third kappa shape index (κ3) is 5.38. The molecule has 0 saturated heterocycles. The smallest absolute Gasteiger partial charge is 0.433 e. The van der Waals surface area contributed by atoms with E-state index in [1.165, 1.54) is 0 Å². The molecule has 1 heterocycles. The van der Waals surface area contributed by atoms with Gasteiger partial charge in [0.05, 0.1) is 11.6 Å². The molecular weight excluding hydrogens is 429 g/mol. The van der Waals surface area contributed by atoms with Gasteiger partial charge in [-0.3, -0.25) is 4.99 Å². The molecule has 1 aliphatic carbocycles. The van der Waals surface area contributed by atoms with Crippen molar-refractivity contribution < 1.29 is 18.3 Å². The molecule has 1 fully saturated rings. The first-order chi connectivity index (χ1) is 15.7. The van der Waals surface area contributed by atoms with E-state index in [1.807, 2.05) is 25.1 Å². The zero-order valence-corrected chi connectivity index (χ0v) is 18.5. The summed E-state index contributed by atoms with van der Waals surface area (Å²) in [7, 11) is 1.81. The van der Waals surface area contributed by atoms with Crippen LogP contribution in [0.5, 0.6) is 0 Å². The van der Waals surface area contributed by atoms with E-state index in [4.69, 9.17) is 0 Å². The number of aliphatic imine (C=N–C) groups is 1. The molecule has 0 aliphatic heterocycles. The Morgan fingerprint density at radius 3 is 2.55 bits per heavy atom. The minimum absolute atomic E-state index is 0.0841. The minimum Gasteiger partial charge on any atom is -0.858 e. The zero-order valence-electron chi connectivity index (χ0n) is 18.5. The lowest BCUT2D eigenvalue weighted by molar-refractivity contribution is -0.213. The predicted octanol–water partition coefficient (Wildman–Crippen LogP) is 5.13. The number of fused-ring (bicyclic) bond motifs is 1. The zero-order chi connectivity index (χ0) is 23.6. The Labute approximate surface area is 190 Å². The number of halogens is 3. The SMILES string of the molecule is CNc1ccc(C([O-])=NC2CCC[C@H](Nc3cc(C(F)(F)F)nc4ccc(C)cc34)C2)cc1. The maximum atomic E-state index is 13.4. The van der Waals surface area contributed by atoms with Crippen LogP contribution < -0.4 is 15.7 Å². The summed E-state index contributed by atoms with van der Waals surface area (Å²) in [4.78, 5) is 8.20. The normalized spacial score (nSPS) is 19.5. The number of pyridine rings is 1. The fourth-order valence-electron chi connectivity index (χ4n) is 4.26. The molecule has 1 saturated carbocycles. The van der Waals surface area contributed by atoms with Crippen molar-refractivity contribution in [3.05, 3.63) is 65.4 Å². The van der Waals surface area contributed by atoms with Gasteiger partial charge in [0.2, 0.25) is 0 Å². The molecule has 2 N–H and O–H groups in total. The average molecular weight is 456 g/mol. The second kappa shape index (κ2) is 9.29. The summed E-state index contributed by atoms with van der Waals surface area (Å²) in [6.07, 6.45) is -1.53. The Balaban J connectivity index is 1.56. The van der Waals surface area contributed by atoms with Crippen molar-refractivity contribution >= 4 is 28.2 Å². The van der Waals surface area contributed by atoms with Gasteiger partial charge in [-0.2, -0.15) is 13.2 Å². The number of hydrogen-bond acceptors (Lipinski definition) is 5. The number of nitrogens with zero attached hydrogens (tertiary/aromatic N) is 2. The summed E-state index contributed by atoms with van der Waals surface area (Å²) in [6, 6.07) is 13.1. The summed E-state index contributed by atoms with van der Waals surface area (Å²) < 4.78 is 40.3. The highest BCUT2D eigenvalue weighted by molar-refractivity contribution is 5.92. The van der Waals surface area contributed by atoms with Gasteiger partial charge in [-0.25, -0.2) is 4.98 Å². The molecule has 0 bridgehead atoms. The molecule has 4 rings (SSSR count). The van der Waals surface area contributed by atoms with E-state index < -0.39 is 11.9 Å². The van der Waals surface area contributed by atoms with Gasteiger partial charge < -0.3 is 15.7 Å². The molecule has 1 aliphatic rings. The molecule has 174 valence electrons. The van der Waals surface area contributed by atoms with E-state index >= 15 is 0 Å². The maximum absolute atomic E-state index is 13.4. The number of anilines is 2. The van der Waals surface area contributed by atoms with Gasteiger partial charge in [-0.1, -0.05) is 23.8 Å². The van der Waals surface area contributed by atoms with Gasteiger partial charge in [0.25, 0.3) is 0 Å². The summed E-state index contributed by atoms with van der Waals surface area (Å²) in [5.41, 5.74) is 2.17. The fraction of sp³-hybridized carbons (Fsp3) is 0.360. The van der Waals surface area contributed by atoms with Gasteiger partial charge in [-0.15, -0.1) is 0 Å². The molecule has 2 aromatic carbocycles. The summed E-state index contributed by atoms with van der Waals surface area (Å²) >= 11 is 0. The molecule has 8 heteroatoms. The molecule has 33 heavy (non-hydrogen) atoms. The first-order valence-electron chi connectivity index (χ1n) is 11.0. The Bertz CT molecular complexity index is 1160. The van der Waals surface area contributed by atoms with Crippen molar-refractivity contribution in [1.29, 1.82) is 0 Å². The average Bonchev–Trinajstić information content (AvgIpc) is 2.79. The molecule has 0 amide bonds. The van der Waals surface area contributed by atoms with Crippen LogP contribution in [0, 0.1) is 6.92 Å². The predicted molar refractivity (Wildman–Crippen MR) is 124 cm³/mol. The van der Waals surface area contributed by atoms with E-state index in [-0.39, 0.29) is 18.0 Å². The van der Waals surface area contributed by atoms with Crippen LogP contribution in [0.15, 0.2) is 53.5 Å². The molecule has 1 aromatic heterocycles. The topological polar surface area (TPSA) is 72.4 Å². The standard InChI is InChI=1S/C25H27F3N4O/c1-15-6-11-21-20(12-15)22(14-23(32-21)25(26,27)28)30-18-4-3-5-19(13-18)31-24(33)16-7-9-17(29-2)10-8-16/h6-12,14,18-19,29H,3-5,13H2,1-2H3,(H,30,32)(H,31,33)/p-1/t18-,19?/m0/s1. The van der Waals surface area contributed by atoms with Crippen LogP contribution in [0.4, 0.5) is 24.5 Å². The second-order valence-electron chi connectivity index (χ2n) is 8.50. The van der Waals surface area contributed by atoms with Crippen LogP contribution in [-0.2, 0) is 6.18 Å². The Morgan fingerprint density at radius 2 is 1.85 bits per heavy atom. The van der Waals surface area contributed by atoms with Crippen LogP contribution in [0.3, 0.4) is 0 Å². The van der Waals surface area contributed by atoms with Gasteiger partial charge in [0, 0.05) is 29.9 Å². The van der Waals surface area contributed by atoms with Crippen LogP contribution in [0.25, 0.3) is 10.9 Å². The molecule has 1 unspecified atom stereocenters. The number of hydrogen-bond donors (Lipinski definition) is 2. The van der Waals surface area contributed by atoms with Crippen molar-refractivity contribution in [3.63, 3.8) is 0 Å². The molecule has 2 atom stereocenters. The number of aryl methyl sites for hydroxylation is 1. The quantitative estimate of drug-likeness (QED) is 0.413. The molecule has 0 radical (unpaired) electrons. The highest BCUT2D eigenvalue weighted by Crippen LogP contribution is 2.35. The number of rotatable bonds is 5. The van der Waals surface area contributed by atoms with Crippen molar-refractivity contribution in [3.8, 4) is 0 Å². The largest absolute Gasteiger partial charge is 0.858 e. The second-order valence-corrected chi connectivity index (χ2v) is 8.50. The lowest BCUT2D eigenvalue weighted by Gasteiger charge is -2.30. The van der Waals surface area contributed by atoms with Crippen LogP contribution in [0.1, 0.15) is 42.5 Å². The van der Waals surface area contributed by atoms with Crippen LogP contribution >= 0.6 is 0 Å². The van der Waals surface area contributed by atoms with Crippen LogP contribution in [0.2, 0.25) is 0 Å². The van der Waals surface area contributed by atoms with Crippen LogP contribution in [-0.4, -0.2) is 30.0 Å². The fourth-order valence-corrected chi connectivity index (χ4v) is 4.26. The first kappa shape index (κ1) is 22.9. The summed E-state index contributed by atoms with van der Waals surface area (Å²) in [6.45, 7) is 1.89. The van der Waals surface area contributed by atoms with Crippen molar-refractivity contribution in [2.24, 2.45) is 4.99 Å².